The van der Waals surface area contributed by atoms with Gasteiger partial charge in [0.25, 0.3) is 0 Å². The van der Waals surface area contributed by atoms with Gasteiger partial charge in [-0.1, -0.05) is 0 Å². The molecule has 0 aromatic carbocycles. The van der Waals surface area contributed by atoms with Crippen molar-refractivity contribution >= 4 is 10.8 Å². The molecule has 0 amide bonds. The van der Waals surface area contributed by atoms with Crippen molar-refractivity contribution in [2.24, 2.45) is 0 Å². The van der Waals surface area contributed by atoms with Gasteiger partial charge >= 0.3 is 0 Å². The molecule has 0 radical (unpaired) electrons. The number of rotatable bonds is 0. The summed E-state index contributed by atoms with van der Waals surface area (Å²) in [6.45, 7) is 0. The van der Waals surface area contributed by atoms with E-state index in [1.165, 1.54) is 0 Å². The average molecular weight is 114 g/mol. The highest BCUT2D eigenvalue weighted by Gasteiger charge is 1.57. The summed E-state index contributed by atoms with van der Waals surface area (Å²) in [6.07, 6.45) is 3.28. The van der Waals surface area contributed by atoms with Crippen LogP contribution in [0.5, 0.6) is 0 Å². The molecule has 0 spiro atoms. The lowest BCUT2D eigenvalue weighted by Crippen LogP contribution is -1.70. The minimum Gasteiger partial charge on any atom is -0.412 e. The molecule has 0 saturated carbocycles. The summed E-state index contributed by atoms with van der Waals surface area (Å²) >= 11 is 0. The maximum atomic E-state index is 9.56. The van der Waals surface area contributed by atoms with Crippen LogP contribution in [0.4, 0.5) is 0 Å². The summed E-state index contributed by atoms with van der Waals surface area (Å²) in [6, 6.07) is 0. The van der Waals surface area contributed by atoms with E-state index in [1.54, 1.807) is 12.5 Å². The Balaban J connectivity index is -0.0000000450. The second-order valence-corrected chi connectivity index (χ2v) is 2.22. The third-order valence-corrected chi connectivity index (χ3v) is 0. The van der Waals surface area contributed by atoms with Crippen LogP contribution < -0.4 is 0 Å². The highest BCUT2D eigenvalue weighted by molar-refractivity contribution is 7.83. The Morgan fingerprint density at radius 2 is 1.17 bits per heavy atom. The van der Waals surface area contributed by atoms with Crippen LogP contribution in [0.2, 0.25) is 0 Å². The monoisotopic (exact) mass is 114 g/mol. The van der Waals surface area contributed by atoms with Gasteiger partial charge in [-0.15, -0.1) is 0 Å². The molecule has 42 valence electrons. The maximum Gasteiger partial charge on any atom is 0.0148 e. The Bertz CT molecular complexity index is 31.8. The first kappa shape index (κ1) is 16.6. The van der Waals surface area contributed by atoms with Crippen LogP contribution in [-0.2, 0) is 10.8 Å². The highest BCUT2D eigenvalue weighted by Crippen LogP contribution is 1.47. The molecule has 0 aliphatic heterocycles. The summed E-state index contributed by atoms with van der Waals surface area (Å²) in [7, 11) is -0.611. The van der Waals surface area contributed by atoms with Gasteiger partial charge in [0.15, 0.2) is 0 Å². The quantitative estimate of drug-likeness (QED) is 0.371. The van der Waals surface area contributed by atoms with E-state index < -0.39 is 10.8 Å². The standard InChI is InChI=1S/C2H6OS.2H2O/c1-4(2)3;;/h1-2H3;2*1H2. The lowest BCUT2D eigenvalue weighted by atomic mass is 11.9. The Labute approximate surface area is 39.4 Å². The fraction of sp³-hybridized carbons (Fsp3) is 1.00. The van der Waals surface area contributed by atoms with Gasteiger partial charge in [-0.25, -0.2) is 0 Å². The van der Waals surface area contributed by atoms with Gasteiger partial charge in [-0.2, -0.15) is 0 Å². The first-order chi connectivity index (χ1) is 1.73. The van der Waals surface area contributed by atoms with Crippen LogP contribution in [0.15, 0.2) is 0 Å². The molecule has 0 aromatic rings. The molecule has 0 rings (SSSR count). The van der Waals surface area contributed by atoms with Crippen LogP contribution in [0.25, 0.3) is 0 Å². The van der Waals surface area contributed by atoms with Crippen LogP contribution in [0.3, 0.4) is 0 Å². The molecule has 0 fully saturated rings. The molecule has 0 unspecified atom stereocenters. The topological polar surface area (TPSA) is 80.1 Å². The SMILES string of the molecule is CS(C)=O.O.O. The predicted molar refractivity (Wildman–Crippen MR) is 27.2 cm³/mol. The maximum absolute atomic E-state index is 9.56. The van der Waals surface area contributed by atoms with Crippen molar-refractivity contribution in [1.29, 1.82) is 0 Å². The van der Waals surface area contributed by atoms with Crippen LogP contribution in [0.1, 0.15) is 0 Å². The van der Waals surface area contributed by atoms with Gasteiger partial charge in [-0.3, -0.25) is 4.21 Å². The first-order valence-corrected chi connectivity index (χ1v) is 2.95. The van der Waals surface area contributed by atoms with Gasteiger partial charge in [0.05, 0.1) is 0 Å². The third kappa shape index (κ3) is 7830. The number of hydrogen-bond donors (Lipinski definition) is 0. The fourth-order valence-electron chi connectivity index (χ4n) is 0. The minimum absolute atomic E-state index is 0. The average Bonchev–Trinajstić information content (AvgIpc) is 0.811. The van der Waals surface area contributed by atoms with Crippen molar-refractivity contribution < 1.29 is 15.2 Å². The Hall–Kier alpha value is 0.0700. The zero-order valence-corrected chi connectivity index (χ0v) is 4.63. The molecule has 6 heavy (non-hydrogen) atoms. The van der Waals surface area contributed by atoms with E-state index in [0.29, 0.717) is 0 Å². The second kappa shape index (κ2) is 8.91. The molecular formula is C2H10O3S. The largest absolute Gasteiger partial charge is 0.412 e. The van der Waals surface area contributed by atoms with E-state index in [-0.39, 0.29) is 11.0 Å². The highest BCUT2D eigenvalue weighted by atomic mass is 32.2. The molecule has 0 aliphatic rings. The van der Waals surface area contributed by atoms with E-state index in [4.69, 9.17) is 0 Å². The van der Waals surface area contributed by atoms with Gasteiger partial charge in [0, 0.05) is 23.3 Å². The van der Waals surface area contributed by atoms with E-state index in [0.717, 1.165) is 0 Å². The predicted octanol–water partition coefficient (Wildman–Crippen LogP) is -1.65. The molecule has 0 atom stereocenters. The van der Waals surface area contributed by atoms with Gasteiger partial charge in [0.1, 0.15) is 0 Å². The van der Waals surface area contributed by atoms with E-state index >= 15 is 0 Å². The first-order valence-electron chi connectivity index (χ1n) is 0.983. The molecule has 4 N–H and O–H groups in total. The molecule has 3 nitrogen and oxygen atoms in total. The fourth-order valence-corrected chi connectivity index (χ4v) is 0. The smallest absolute Gasteiger partial charge is 0.0148 e. The van der Waals surface area contributed by atoms with Crippen molar-refractivity contribution in [3.8, 4) is 0 Å². The Morgan fingerprint density at radius 3 is 1.17 bits per heavy atom. The molecule has 0 bridgehead atoms. The third-order valence-electron chi connectivity index (χ3n) is 0. The van der Waals surface area contributed by atoms with Crippen molar-refractivity contribution in [3.05, 3.63) is 0 Å². The van der Waals surface area contributed by atoms with Crippen LogP contribution >= 0.6 is 0 Å². The molecule has 0 heterocycles. The number of hydrogen-bond acceptors (Lipinski definition) is 1. The molecule has 0 saturated heterocycles. The minimum atomic E-state index is -0.611. The zero-order valence-electron chi connectivity index (χ0n) is 3.82. The van der Waals surface area contributed by atoms with Crippen molar-refractivity contribution in [2.75, 3.05) is 12.5 Å². The van der Waals surface area contributed by atoms with Crippen LogP contribution in [-0.4, -0.2) is 27.7 Å². The summed E-state index contributed by atoms with van der Waals surface area (Å²) in [5, 5.41) is 0. The lowest BCUT2D eigenvalue weighted by molar-refractivity contribution is 0.690. The van der Waals surface area contributed by atoms with Crippen LogP contribution in [0, 0.1) is 0 Å². The van der Waals surface area contributed by atoms with E-state index in [9.17, 15) is 4.21 Å². The Kier molecular flexibility index (Phi) is 24.6. The Morgan fingerprint density at radius 1 is 1.17 bits per heavy atom. The van der Waals surface area contributed by atoms with Crippen molar-refractivity contribution in [2.45, 2.75) is 0 Å². The summed E-state index contributed by atoms with van der Waals surface area (Å²) in [5.74, 6) is 0. The molecule has 0 aliphatic carbocycles. The van der Waals surface area contributed by atoms with Gasteiger partial charge in [0.2, 0.25) is 0 Å². The summed E-state index contributed by atoms with van der Waals surface area (Å²) < 4.78 is 9.56. The van der Waals surface area contributed by atoms with Gasteiger partial charge < -0.3 is 11.0 Å². The van der Waals surface area contributed by atoms with E-state index in [1.807, 2.05) is 0 Å². The zero-order chi connectivity index (χ0) is 3.58. The lowest BCUT2D eigenvalue weighted by Gasteiger charge is -1.60. The normalized spacial score (nSPS) is 5.83. The van der Waals surface area contributed by atoms with Crippen molar-refractivity contribution in [1.82, 2.24) is 0 Å². The van der Waals surface area contributed by atoms with Gasteiger partial charge in [-0.05, 0) is 0 Å². The summed E-state index contributed by atoms with van der Waals surface area (Å²) in [4.78, 5) is 0. The molecule has 4 heteroatoms. The molecular weight excluding hydrogens is 104 g/mol. The van der Waals surface area contributed by atoms with E-state index in [2.05, 4.69) is 0 Å². The summed E-state index contributed by atoms with van der Waals surface area (Å²) in [5.41, 5.74) is 0. The van der Waals surface area contributed by atoms with Crippen molar-refractivity contribution in [3.63, 3.8) is 0 Å². The molecule has 0 aromatic heterocycles. The second-order valence-electron chi connectivity index (χ2n) is 0.742.